The normalized spacial score (nSPS) is 27.5. The van der Waals surface area contributed by atoms with E-state index >= 15 is 0 Å². The van der Waals surface area contributed by atoms with Gasteiger partial charge in [-0.05, 0) is 18.8 Å². The highest BCUT2D eigenvalue weighted by molar-refractivity contribution is 4.75. The second kappa shape index (κ2) is 7.02. The Kier molecular flexibility index (Phi) is 5.88. The summed E-state index contributed by atoms with van der Waals surface area (Å²) in [5.41, 5.74) is 0. The Balaban J connectivity index is 1.97. The standard InChI is InChI=1S/C12H23NO/c1-3-8-14-9-7-13-12-6-4-5-11(2)10-12/h3,11-13H,1,4-10H2,2H3. The zero-order valence-corrected chi connectivity index (χ0v) is 9.30. The van der Waals surface area contributed by atoms with E-state index in [9.17, 15) is 0 Å². The van der Waals surface area contributed by atoms with Crippen LogP contribution in [0.1, 0.15) is 32.6 Å². The van der Waals surface area contributed by atoms with Crippen molar-refractivity contribution < 1.29 is 4.74 Å². The molecule has 1 N–H and O–H groups in total. The maximum Gasteiger partial charge on any atom is 0.0645 e. The summed E-state index contributed by atoms with van der Waals surface area (Å²) in [5, 5.41) is 3.55. The first-order chi connectivity index (χ1) is 6.83. The predicted molar refractivity (Wildman–Crippen MR) is 60.4 cm³/mol. The molecule has 0 aromatic carbocycles. The first kappa shape index (κ1) is 11.7. The Morgan fingerprint density at radius 2 is 2.36 bits per heavy atom. The summed E-state index contributed by atoms with van der Waals surface area (Å²) in [7, 11) is 0. The van der Waals surface area contributed by atoms with Gasteiger partial charge in [0.1, 0.15) is 0 Å². The summed E-state index contributed by atoms with van der Waals surface area (Å²) in [6.45, 7) is 8.41. The monoisotopic (exact) mass is 197 g/mol. The highest BCUT2D eigenvalue weighted by atomic mass is 16.5. The SMILES string of the molecule is C=CCOCCNC1CCCC(C)C1. The summed E-state index contributed by atoms with van der Waals surface area (Å²) in [6.07, 6.45) is 7.26. The second-order valence-corrected chi connectivity index (χ2v) is 4.29. The molecule has 0 bridgehead atoms. The van der Waals surface area contributed by atoms with Crippen LogP contribution in [-0.4, -0.2) is 25.8 Å². The molecule has 1 aliphatic rings. The van der Waals surface area contributed by atoms with Crippen LogP contribution >= 0.6 is 0 Å². The molecule has 1 aliphatic carbocycles. The molecule has 2 nitrogen and oxygen atoms in total. The fourth-order valence-electron chi connectivity index (χ4n) is 2.12. The molecular formula is C12H23NO. The van der Waals surface area contributed by atoms with E-state index in [-0.39, 0.29) is 0 Å². The molecule has 0 aromatic heterocycles. The fraction of sp³-hybridized carbons (Fsp3) is 0.833. The van der Waals surface area contributed by atoms with Crippen molar-refractivity contribution in [2.75, 3.05) is 19.8 Å². The molecule has 1 fully saturated rings. The Labute approximate surface area is 87.7 Å². The van der Waals surface area contributed by atoms with Crippen LogP contribution in [0.15, 0.2) is 12.7 Å². The van der Waals surface area contributed by atoms with E-state index in [2.05, 4.69) is 18.8 Å². The first-order valence-electron chi connectivity index (χ1n) is 5.75. The van der Waals surface area contributed by atoms with Crippen molar-refractivity contribution in [2.24, 2.45) is 5.92 Å². The predicted octanol–water partition coefficient (Wildman–Crippen LogP) is 2.36. The van der Waals surface area contributed by atoms with Gasteiger partial charge in [0, 0.05) is 12.6 Å². The number of rotatable bonds is 6. The zero-order chi connectivity index (χ0) is 10.2. The third-order valence-electron chi connectivity index (χ3n) is 2.85. The van der Waals surface area contributed by atoms with E-state index in [1.807, 2.05) is 0 Å². The number of ether oxygens (including phenoxy) is 1. The molecule has 0 aliphatic heterocycles. The van der Waals surface area contributed by atoms with Crippen LogP contribution in [0.25, 0.3) is 0 Å². The maximum atomic E-state index is 5.32. The highest BCUT2D eigenvalue weighted by Crippen LogP contribution is 2.23. The first-order valence-corrected chi connectivity index (χ1v) is 5.75. The van der Waals surface area contributed by atoms with E-state index in [1.165, 1.54) is 25.7 Å². The van der Waals surface area contributed by atoms with Crippen molar-refractivity contribution >= 4 is 0 Å². The lowest BCUT2D eigenvalue weighted by Gasteiger charge is -2.27. The molecule has 2 heteroatoms. The third kappa shape index (κ3) is 4.77. The Morgan fingerprint density at radius 1 is 1.50 bits per heavy atom. The Morgan fingerprint density at radius 3 is 3.07 bits per heavy atom. The molecule has 0 heterocycles. The van der Waals surface area contributed by atoms with Crippen LogP contribution < -0.4 is 5.32 Å². The van der Waals surface area contributed by atoms with Gasteiger partial charge in [-0.1, -0.05) is 25.8 Å². The lowest BCUT2D eigenvalue weighted by Crippen LogP contribution is -2.35. The average Bonchev–Trinajstić information content (AvgIpc) is 2.18. The molecule has 0 aromatic rings. The zero-order valence-electron chi connectivity index (χ0n) is 9.30. The van der Waals surface area contributed by atoms with E-state index in [1.54, 1.807) is 6.08 Å². The van der Waals surface area contributed by atoms with Crippen LogP contribution in [0.3, 0.4) is 0 Å². The number of hydrogen-bond acceptors (Lipinski definition) is 2. The van der Waals surface area contributed by atoms with Gasteiger partial charge in [0.15, 0.2) is 0 Å². The summed E-state index contributed by atoms with van der Waals surface area (Å²) < 4.78 is 5.32. The summed E-state index contributed by atoms with van der Waals surface area (Å²) in [4.78, 5) is 0. The summed E-state index contributed by atoms with van der Waals surface area (Å²) in [6, 6.07) is 0.728. The van der Waals surface area contributed by atoms with Gasteiger partial charge in [-0.25, -0.2) is 0 Å². The van der Waals surface area contributed by atoms with Crippen LogP contribution in [0, 0.1) is 5.92 Å². The quantitative estimate of drug-likeness (QED) is 0.521. The molecule has 2 atom stereocenters. The minimum Gasteiger partial charge on any atom is -0.376 e. The van der Waals surface area contributed by atoms with Gasteiger partial charge >= 0.3 is 0 Å². The summed E-state index contributed by atoms with van der Waals surface area (Å²) >= 11 is 0. The second-order valence-electron chi connectivity index (χ2n) is 4.29. The molecule has 1 rings (SSSR count). The van der Waals surface area contributed by atoms with Crippen LogP contribution in [0.5, 0.6) is 0 Å². The molecular weight excluding hydrogens is 174 g/mol. The Hall–Kier alpha value is -0.340. The average molecular weight is 197 g/mol. The van der Waals surface area contributed by atoms with E-state index in [0.29, 0.717) is 6.61 Å². The van der Waals surface area contributed by atoms with E-state index < -0.39 is 0 Å². The van der Waals surface area contributed by atoms with Gasteiger partial charge in [-0.3, -0.25) is 0 Å². The van der Waals surface area contributed by atoms with Crippen molar-refractivity contribution in [3.63, 3.8) is 0 Å². The van der Waals surface area contributed by atoms with Crippen molar-refractivity contribution in [1.29, 1.82) is 0 Å². The largest absolute Gasteiger partial charge is 0.376 e. The maximum absolute atomic E-state index is 5.32. The molecule has 0 saturated heterocycles. The molecule has 0 amide bonds. The Bertz CT molecular complexity index is 158. The topological polar surface area (TPSA) is 21.3 Å². The van der Waals surface area contributed by atoms with Crippen LogP contribution in [0.2, 0.25) is 0 Å². The van der Waals surface area contributed by atoms with Gasteiger partial charge < -0.3 is 10.1 Å². The number of hydrogen-bond donors (Lipinski definition) is 1. The molecule has 14 heavy (non-hydrogen) atoms. The van der Waals surface area contributed by atoms with Crippen molar-refractivity contribution in [2.45, 2.75) is 38.6 Å². The lowest BCUT2D eigenvalue weighted by atomic mass is 9.87. The van der Waals surface area contributed by atoms with Gasteiger partial charge in [-0.2, -0.15) is 0 Å². The van der Waals surface area contributed by atoms with Crippen LogP contribution in [-0.2, 0) is 4.74 Å². The fourth-order valence-corrected chi connectivity index (χ4v) is 2.12. The van der Waals surface area contributed by atoms with Crippen molar-refractivity contribution in [3.8, 4) is 0 Å². The lowest BCUT2D eigenvalue weighted by molar-refractivity contribution is 0.157. The van der Waals surface area contributed by atoms with Gasteiger partial charge in [0.25, 0.3) is 0 Å². The van der Waals surface area contributed by atoms with Gasteiger partial charge in [0.05, 0.1) is 13.2 Å². The van der Waals surface area contributed by atoms with Crippen molar-refractivity contribution in [1.82, 2.24) is 5.32 Å². The van der Waals surface area contributed by atoms with Gasteiger partial charge in [0.2, 0.25) is 0 Å². The molecule has 2 unspecified atom stereocenters. The van der Waals surface area contributed by atoms with E-state index in [0.717, 1.165) is 25.1 Å². The smallest absolute Gasteiger partial charge is 0.0645 e. The molecule has 0 spiro atoms. The number of nitrogens with one attached hydrogen (secondary N) is 1. The minimum atomic E-state index is 0.669. The van der Waals surface area contributed by atoms with Crippen LogP contribution in [0.4, 0.5) is 0 Å². The minimum absolute atomic E-state index is 0.669. The molecule has 1 saturated carbocycles. The van der Waals surface area contributed by atoms with E-state index in [4.69, 9.17) is 4.74 Å². The molecule has 0 radical (unpaired) electrons. The highest BCUT2D eigenvalue weighted by Gasteiger charge is 2.17. The summed E-state index contributed by atoms with van der Waals surface area (Å²) in [5.74, 6) is 0.898. The molecule has 82 valence electrons. The van der Waals surface area contributed by atoms with Gasteiger partial charge in [-0.15, -0.1) is 6.58 Å². The third-order valence-corrected chi connectivity index (χ3v) is 2.85. The van der Waals surface area contributed by atoms with Crippen molar-refractivity contribution in [3.05, 3.63) is 12.7 Å².